The fraction of sp³-hybridized carbons (Fsp3) is 0.385. The zero-order valence-corrected chi connectivity index (χ0v) is 19.1. The molecule has 1 N–H and O–H groups in total. The van der Waals surface area contributed by atoms with Gasteiger partial charge in [0.2, 0.25) is 5.91 Å². The number of hydrogen-bond acceptors (Lipinski definition) is 4. The summed E-state index contributed by atoms with van der Waals surface area (Å²) in [5.41, 5.74) is 2.80. The van der Waals surface area contributed by atoms with E-state index in [4.69, 9.17) is 0 Å². The quantitative estimate of drug-likeness (QED) is 0.552. The number of nitrogens with zero attached hydrogens (tertiary/aromatic N) is 2. The summed E-state index contributed by atoms with van der Waals surface area (Å²) in [6.07, 6.45) is 5.97. The van der Waals surface area contributed by atoms with Gasteiger partial charge in [0, 0.05) is 13.1 Å². The number of ether oxygens (including phenoxy) is 1. The molecule has 1 fully saturated rings. The fourth-order valence-corrected chi connectivity index (χ4v) is 4.36. The third-order valence-corrected chi connectivity index (χ3v) is 6.13. The Balaban J connectivity index is 1.45. The highest BCUT2D eigenvalue weighted by Crippen LogP contribution is 2.34. The largest absolute Gasteiger partial charge is 0.573 e. The minimum atomic E-state index is -4.76. The van der Waals surface area contributed by atoms with Gasteiger partial charge in [-0.05, 0) is 67.2 Å². The number of amides is 1. The van der Waals surface area contributed by atoms with Crippen LogP contribution < -0.4 is 15.0 Å². The van der Waals surface area contributed by atoms with E-state index < -0.39 is 12.3 Å². The molecule has 34 heavy (non-hydrogen) atoms. The van der Waals surface area contributed by atoms with Crippen LogP contribution in [0, 0.1) is 5.92 Å². The summed E-state index contributed by atoms with van der Waals surface area (Å²) in [6, 6.07) is 9.59. The second kappa shape index (κ2) is 10.3. The van der Waals surface area contributed by atoms with Crippen molar-refractivity contribution in [3.63, 3.8) is 0 Å². The summed E-state index contributed by atoms with van der Waals surface area (Å²) in [5.74, 6) is -0.00967. The summed E-state index contributed by atoms with van der Waals surface area (Å²) in [5, 5.41) is 2.92. The number of anilines is 2. The number of hydrogen-bond donors (Lipinski definition) is 1. The van der Waals surface area contributed by atoms with Crippen molar-refractivity contribution in [3.05, 3.63) is 65.9 Å². The standard InChI is InChI=1S/C26H28F3N3O2/c1-18-9-10-20(16-23(18)19-7-6-8-22(15-19)34-26(27,28)29)25(33)31-21-11-12-24(30-17-21)32-13-4-2-3-5-14-32/h6-9,11-12,15-17,20H,2-5,10,13-14H2,1H3,(H,31,33). The highest BCUT2D eigenvalue weighted by molar-refractivity contribution is 5.96. The molecular weight excluding hydrogens is 443 g/mol. The van der Waals surface area contributed by atoms with Crippen LogP contribution in [0.25, 0.3) is 5.57 Å². The molecular formula is C26H28F3N3O2. The van der Waals surface area contributed by atoms with Gasteiger partial charge in [-0.15, -0.1) is 13.2 Å². The van der Waals surface area contributed by atoms with Crippen LogP contribution in [0.2, 0.25) is 0 Å². The first kappa shape index (κ1) is 23.9. The second-order valence-corrected chi connectivity index (χ2v) is 8.68. The molecule has 1 saturated heterocycles. The molecule has 0 saturated carbocycles. The smallest absolute Gasteiger partial charge is 0.406 e. The molecule has 1 atom stereocenters. The van der Waals surface area contributed by atoms with Crippen LogP contribution in [0.15, 0.2) is 60.3 Å². The molecule has 0 spiro atoms. The SMILES string of the molecule is CC1=CCC(C(=O)Nc2ccc(N3CCCCCC3)nc2)C=C1c1cccc(OC(F)(F)F)c1. The van der Waals surface area contributed by atoms with Crippen LogP contribution in [0.3, 0.4) is 0 Å². The molecule has 5 nitrogen and oxygen atoms in total. The predicted molar refractivity (Wildman–Crippen MR) is 127 cm³/mol. The molecule has 180 valence electrons. The van der Waals surface area contributed by atoms with Crippen molar-refractivity contribution in [1.82, 2.24) is 4.98 Å². The Morgan fingerprint density at radius 2 is 1.88 bits per heavy atom. The van der Waals surface area contributed by atoms with Gasteiger partial charge in [0.05, 0.1) is 17.8 Å². The first-order valence-electron chi connectivity index (χ1n) is 11.6. The average Bonchev–Trinajstić information content (AvgIpc) is 3.08. The summed E-state index contributed by atoms with van der Waals surface area (Å²) in [6.45, 7) is 3.87. The summed E-state index contributed by atoms with van der Waals surface area (Å²) >= 11 is 0. The van der Waals surface area contributed by atoms with Gasteiger partial charge in [-0.1, -0.05) is 37.1 Å². The number of alkyl halides is 3. The van der Waals surface area contributed by atoms with E-state index in [2.05, 4.69) is 19.9 Å². The zero-order valence-electron chi connectivity index (χ0n) is 19.1. The van der Waals surface area contributed by atoms with E-state index >= 15 is 0 Å². The molecule has 2 aromatic rings. The van der Waals surface area contributed by atoms with Crippen molar-refractivity contribution < 1.29 is 22.7 Å². The summed E-state index contributed by atoms with van der Waals surface area (Å²) < 4.78 is 41.9. The van der Waals surface area contributed by atoms with Crippen molar-refractivity contribution in [2.45, 2.75) is 45.4 Å². The Labute approximate surface area is 197 Å². The van der Waals surface area contributed by atoms with Gasteiger partial charge in [0.15, 0.2) is 0 Å². The van der Waals surface area contributed by atoms with Gasteiger partial charge in [0.25, 0.3) is 0 Å². The lowest BCUT2D eigenvalue weighted by atomic mass is 9.87. The Morgan fingerprint density at radius 3 is 2.56 bits per heavy atom. The molecule has 8 heteroatoms. The minimum Gasteiger partial charge on any atom is -0.406 e. The molecule has 0 radical (unpaired) electrons. The Hall–Kier alpha value is -3.29. The lowest BCUT2D eigenvalue weighted by Gasteiger charge is -2.22. The van der Waals surface area contributed by atoms with E-state index in [-0.39, 0.29) is 11.7 Å². The molecule has 1 unspecified atom stereocenters. The molecule has 0 bridgehead atoms. The number of aromatic nitrogens is 1. The first-order chi connectivity index (χ1) is 16.3. The maximum atomic E-state index is 12.9. The molecule has 1 aliphatic heterocycles. The van der Waals surface area contributed by atoms with Gasteiger partial charge in [-0.2, -0.15) is 0 Å². The molecule has 1 amide bonds. The van der Waals surface area contributed by atoms with Gasteiger partial charge in [-0.25, -0.2) is 4.98 Å². The van der Waals surface area contributed by atoms with Gasteiger partial charge in [-0.3, -0.25) is 4.79 Å². The van der Waals surface area contributed by atoms with Crippen LogP contribution in [-0.2, 0) is 4.79 Å². The first-order valence-corrected chi connectivity index (χ1v) is 11.6. The summed E-state index contributed by atoms with van der Waals surface area (Å²) in [4.78, 5) is 19.8. The van der Waals surface area contributed by atoms with Gasteiger partial charge >= 0.3 is 6.36 Å². The maximum absolute atomic E-state index is 12.9. The van der Waals surface area contributed by atoms with Crippen LogP contribution in [-0.4, -0.2) is 30.3 Å². The van der Waals surface area contributed by atoms with Crippen molar-refractivity contribution in [1.29, 1.82) is 0 Å². The van der Waals surface area contributed by atoms with Crippen molar-refractivity contribution in [3.8, 4) is 5.75 Å². The van der Waals surface area contributed by atoms with Crippen LogP contribution in [0.4, 0.5) is 24.7 Å². The topological polar surface area (TPSA) is 54.5 Å². The second-order valence-electron chi connectivity index (χ2n) is 8.68. The van der Waals surface area contributed by atoms with Crippen LogP contribution in [0.5, 0.6) is 5.75 Å². The van der Waals surface area contributed by atoms with E-state index in [0.29, 0.717) is 23.2 Å². The van der Waals surface area contributed by atoms with E-state index in [1.54, 1.807) is 18.3 Å². The van der Waals surface area contributed by atoms with Gasteiger partial charge in [0.1, 0.15) is 11.6 Å². The van der Waals surface area contributed by atoms with Gasteiger partial charge < -0.3 is 15.0 Å². The van der Waals surface area contributed by atoms with E-state index in [1.807, 2.05) is 25.1 Å². The fourth-order valence-electron chi connectivity index (χ4n) is 4.36. The number of halogens is 3. The van der Waals surface area contributed by atoms with Crippen LogP contribution in [0.1, 0.15) is 44.6 Å². The lowest BCUT2D eigenvalue weighted by molar-refractivity contribution is -0.274. The third kappa shape index (κ3) is 6.18. The van der Waals surface area contributed by atoms with Crippen LogP contribution >= 0.6 is 0 Å². The van der Waals surface area contributed by atoms with Crippen molar-refractivity contribution >= 4 is 23.0 Å². The number of benzene rings is 1. The minimum absolute atomic E-state index is 0.187. The zero-order chi connectivity index (χ0) is 24.1. The molecule has 2 aliphatic rings. The molecule has 1 aromatic heterocycles. The Morgan fingerprint density at radius 1 is 1.12 bits per heavy atom. The molecule has 1 aromatic carbocycles. The monoisotopic (exact) mass is 471 g/mol. The van der Waals surface area contributed by atoms with E-state index in [1.165, 1.54) is 31.0 Å². The van der Waals surface area contributed by atoms with Crippen molar-refractivity contribution in [2.75, 3.05) is 23.3 Å². The highest BCUT2D eigenvalue weighted by Gasteiger charge is 2.31. The molecule has 2 heterocycles. The number of allylic oxidation sites excluding steroid dienone is 3. The normalized spacial score (nSPS) is 19.1. The number of rotatable bonds is 5. The molecule has 4 rings (SSSR count). The highest BCUT2D eigenvalue weighted by atomic mass is 19.4. The number of carbonyl (C=O) groups excluding carboxylic acids is 1. The van der Waals surface area contributed by atoms with Crippen molar-refractivity contribution in [2.24, 2.45) is 5.92 Å². The average molecular weight is 472 g/mol. The Bertz CT molecular complexity index is 1070. The lowest BCUT2D eigenvalue weighted by Crippen LogP contribution is -2.25. The number of nitrogens with one attached hydrogen (secondary N) is 1. The summed E-state index contributed by atoms with van der Waals surface area (Å²) in [7, 11) is 0. The van der Waals surface area contributed by atoms with E-state index in [9.17, 15) is 18.0 Å². The number of pyridine rings is 1. The number of carbonyl (C=O) groups is 1. The van der Waals surface area contributed by atoms with E-state index in [0.717, 1.165) is 37.3 Å². The molecule has 1 aliphatic carbocycles. The predicted octanol–water partition coefficient (Wildman–Crippen LogP) is 6.35. The third-order valence-electron chi connectivity index (χ3n) is 6.13. The Kier molecular flexibility index (Phi) is 7.24. The maximum Gasteiger partial charge on any atom is 0.573 e.